The molecule has 1 aliphatic heterocycles. The van der Waals surface area contributed by atoms with Gasteiger partial charge in [-0.2, -0.15) is 0 Å². The number of methoxy groups -OCH3 is 1. The van der Waals surface area contributed by atoms with Gasteiger partial charge in [0.15, 0.2) is 0 Å². The predicted octanol–water partition coefficient (Wildman–Crippen LogP) is 3.03. The molecule has 20 heavy (non-hydrogen) atoms. The third-order valence-electron chi connectivity index (χ3n) is 6.16. The van der Waals surface area contributed by atoms with Crippen molar-refractivity contribution in [3.8, 4) is 0 Å². The van der Waals surface area contributed by atoms with Crippen molar-refractivity contribution in [2.45, 2.75) is 77.5 Å². The van der Waals surface area contributed by atoms with Gasteiger partial charge in [-0.05, 0) is 43.4 Å². The number of nitrogens with two attached hydrogens (primary N) is 1. The molecule has 2 fully saturated rings. The fourth-order valence-corrected chi connectivity index (χ4v) is 4.03. The molecule has 0 spiro atoms. The fourth-order valence-electron chi connectivity index (χ4n) is 4.03. The first-order valence-corrected chi connectivity index (χ1v) is 8.50. The second kappa shape index (κ2) is 6.76. The van der Waals surface area contributed by atoms with Crippen LogP contribution in [0, 0.1) is 11.3 Å². The van der Waals surface area contributed by atoms with Crippen molar-refractivity contribution in [1.82, 2.24) is 4.90 Å². The van der Waals surface area contributed by atoms with Gasteiger partial charge in [-0.3, -0.25) is 4.90 Å². The summed E-state index contributed by atoms with van der Waals surface area (Å²) in [5.41, 5.74) is 6.91. The molecule has 0 aromatic rings. The van der Waals surface area contributed by atoms with Gasteiger partial charge in [-0.1, -0.05) is 27.2 Å². The molecule has 1 saturated carbocycles. The first-order chi connectivity index (χ1) is 9.47. The first kappa shape index (κ1) is 16.3. The monoisotopic (exact) mass is 282 g/mol. The van der Waals surface area contributed by atoms with Crippen molar-refractivity contribution < 1.29 is 4.74 Å². The summed E-state index contributed by atoms with van der Waals surface area (Å²) >= 11 is 0. The minimum Gasteiger partial charge on any atom is -0.381 e. The van der Waals surface area contributed by atoms with Crippen LogP contribution in [0.15, 0.2) is 0 Å². The van der Waals surface area contributed by atoms with E-state index in [0.29, 0.717) is 23.6 Å². The fraction of sp³-hybridized carbons (Fsp3) is 1.00. The van der Waals surface area contributed by atoms with E-state index in [2.05, 4.69) is 25.7 Å². The van der Waals surface area contributed by atoms with Crippen molar-refractivity contribution in [1.29, 1.82) is 0 Å². The number of hydrogen-bond donors (Lipinski definition) is 1. The van der Waals surface area contributed by atoms with Crippen LogP contribution in [-0.4, -0.2) is 43.3 Å². The Kier molecular flexibility index (Phi) is 5.49. The number of hydrogen-bond acceptors (Lipinski definition) is 3. The molecular weight excluding hydrogens is 248 g/mol. The zero-order valence-corrected chi connectivity index (χ0v) is 13.9. The van der Waals surface area contributed by atoms with E-state index in [1.165, 1.54) is 38.5 Å². The van der Waals surface area contributed by atoms with Crippen LogP contribution in [0.2, 0.25) is 0 Å². The molecule has 1 heterocycles. The highest BCUT2D eigenvalue weighted by Gasteiger charge is 2.39. The lowest BCUT2D eigenvalue weighted by molar-refractivity contribution is 0.000563. The SMILES string of the molecule is CCC(C)(C)C1CCC(N)C(N2CCC(OC)CC2)C1. The minimum absolute atomic E-state index is 0.373. The highest BCUT2D eigenvalue weighted by Crippen LogP contribution is 2.41. The number of nitrogens with zero attached hydrogens (tertiary/aromatic N) is 1. The molecule has 0 amide bonds. The summed E-state index contributed by atoms with van der Waals surface area (Å²) in [7, 11) is 1.84. The van der Waals surface area contributed by atoms with E-state index < -0.39 is 0 Å². The van der Waals surface area contributed by atoms with Crippen LogP contribution < -0.4 is 5.73 Å². The minimum atomic E-state index is 0.373. The maximum Gasteiger partial charge on any atom is 0.0595 e. The van der Waals surface area contributed by atoms with Gasteiger partial charge in [0.2, 0.25) is 0 Å². The molecule has 118 valence electrons. The van der Waals surface area contributed by atoms with Gasteiger partial charge >= 0.3 is 0 Å². The topological polar surface area (TPSA) is 38.5 Å². The molecule has 1 saturated heterocycles. The highest BCUT2D eigenvalue weighted by molar-refractivity contribution is 4.94. The van der Waals surface area contributed by atoms with Gasteiger partial charge in [-0.15, -0.1) is 0 Å². The molecule has 0 aromatic heterocycles. The Labute approximate surface area is 125 Å². The Morgan fingerprint density at radius 3 is 2.35 bits per heavy atom. The summed E-state index contributed by atoms with van der Waals surface area (Å²) in [5.74, 6) is 0.831. The largest absolute Gasteiger partial charge is 0.381 e. The zero-order chi connectivity index (χ0) is 14.8. The van der Waals surface area contributed by atoms with Crippen LogP contribution in [0.3, 0.4) is 0 Å². The van der Waals surface area contributed by atoms with E-state index in [0.717, 1.165) is 19.0 Å². The second-order valence-electron chi connectivity index (χ2n) is 7.55. The van der Waals surface area contributed by atoms with E-state index in [1.54, 1.807) is 0 Å². The summed E-state index contributed by atoms with van der Waals surface area (Å²) in [4.78, 5) is 2.65. The Hall–Kier alpha value is -0.120. The van der Waals surface area contributed by atoms with Crippen LogP contribution in [0.1, 0.15) is 59.3 Å². The van der Waals surface area contributed by atoms with Crippen LogP contribution in [-0.2, 0) is 4.74 Å². The van der Waals surface area contributed by atoms with E-state index >= 15 is 0 Å². The molecule has 3 nitrogen and oxygen atoms in total. The van der Waals surface area contributed by atoms with E-state index in [9.17, 15) is 0 Å². The van der Waals surface area contributed by atoms with Crippen LogP contribution in [0.4, 0.5) is 0 Å². The maximum atomic E-state index is 6.45. The first-order valence-electron chi connectivity index (χ1n) is 8.50. The molecule has 2 aliphatic rings. The zero-order valence-electron chi connectivity index (χ0n) is 13.9. The summed E-state index contributed by atoms with van der Waals surface area (Å²) in [6, 6.07) is 0.968. The van der Waals surface area contributed by atoms with Gasteiger partial charge < -0.3 is 10.5 Å². The van der Waals surface area contributed by atoms with Crippen LogP contribution >= 0.6 is 0 Å². The van der Waals surface area contributed by atoms with Crippen molar-refractivity contribution in [3.63, 3.8) is 0 Å². The van der Waals surface area contributed by atoms with Crippen LogP contribution in [0.5, 0.6) is 0 Å². The molecule has 3 atom stereocenters. The number of rotatable bonds is 4. The normalized spacial score (nSPS) is 34.4. The van der Waals surface area contributed by atoms with E-state index in [1.807, 2.05) is 7.11 Å². The van der Waals surface area contributed by atoms with Gasteiger partial charge in [0.05, 0.1) is 6.10 Å². The smallest absolute Gasteiger partial charge is 0.0595 e. The number of likely N-dealkylation sites (tertiary alicyclic amines) is 1. The lowest BCUT2D eigenvalue weighted by Crippen LogP contribution is -2.55. The summed E-state index contributed by atoms with van der Waals surface area (Å²) in [6.45, 7) is 9.52. The summed E-state index contributed by atoms with van der Waals surface area (Å²) in [6.07, 6.45) is 7.87. The van der Waals surface area contributed by atoms with Gasteiger partial charge in [-0.25, -0.2) is 0 Å². The lowest BCUT2D eigenvalue weighted by Gasteiger charge is -2.47. The van der Waals surface area contributed by atoms with E-state index in [4.69, 9.17) is 10.5 Å². The molecule has 0 bridgehead atoms. The molecule has 2 N–H and O–H groups in total. The molecule has 0 radical (unpaired) electrons. The third-order valence-corrected chi connectivity index (χ3v) is 6.16. The third kappa shape index (κ3) is 3.55. The molecular formula is C17H34N2O. The van der Waals surface area contributed by atoms with Crippen LogP contribution in [0.25, 0.3) is 0 Å². The van der Waals surface area contributed by atoms with Crippen molar-refractivity contribution in [2.75, 3.05) is 20.2 Å². The maximum absolute atomic E-state index is 6.45. The standard InChI is InChI=1S/C17H34N2O/c1-5-17(2,3)13-6-7-15(18)16(12-13)19-10-8-14(20-4)9-11-19/h13-16H,5-12,18H2,1-4H3. The van der Waals surface area contributed by atoms with Gasteiger partial charge in [0, 0.05) is 32.3 Å². The molecule has 3 unspecified atom stereocenters. The molecule has 2 rings (SSSR count). The van der Waals surface area contributed by atoms with E-state index in [-0.39, 0.29) is 0 Å². The second-order valence-corrected chi connectivity index (χ2v) is 7.55. The Balaban J connectivity index is 1.96. The molecule has 1 aliphatic carbocycles. The Morgan fingerprint density at radius 1 is 1.15 bits per heavy atom. The van der Waals surface area contributed by atoms with Gasteiger partial charge in [0.25, 0.3) is 0 Å². The quantitative estimate of drug-likeness (QED) is 0.861. The van der Waals surface area contributed by atoms with Crippen molar-refractivity contribution in [3.05, 3.63) is 0 Å². The number of ether oxygens (including phenoxy) is 1. The molecule has 3 heteroatoms. The average molecular weight is 282 g/mol. The Bertz CT molecular complexity index is 297. The lowest BCUT2D eigenvalue weighted by atomic mass is 9.67. The highest BCUT2D eigenvalue weighted by atomic mass is 16.5. The summed E-state index contributed by atoms with van der Waals surface area (Å²) < 4.78 is 5.49. The molecule has 0 aromatic carbocycles. The predicted molar refractivity (Wildman–Crippen MR) is 84.8 cm³/mol. The Morgan fingerprint density at radius 2 is 1.80 bits per heavy atom. The summed E-state index contributed by atoms with van der Waals surface area (Å²) in [5, 5.41) is 0. The van der Waals surface area contributed by atoms with Gasteiger partial charge in [0.1, 0.15) is 0 Å². The average Bonchev–Trinajstić information content (AvgIpc) is 2.47. The van der Waals surface area contributed by atoms with Crippen molar-refractivity contribution in [2.24, 2.45) is 17.1 Å². The van der Waals surface area contributed by atoms with Crippen molar-refractivity contribution >= 4 is 0 Å². The number of piperidine rings is 1.